The van der Waals surface area contributed by atoms with Crippen LogP contribution in [0.25, 0.3) is 0 Å². The zero-order valence-electron chi connectivity index (χ0n) is 16.7. The molecule has 0 fully saturated rings. The minimum absolute atomic E-state index is 0.0743. The SMILES string of the molecule is Cc1cc(C)n(CC(=O)NNC(=O)Cn2c(=O)ccn(Cc3ccccc3)c2=O)n1. The average molecular weight is 410 g/mol. The lowest BCUT2D eigenvalue weighted by Gasteiger charge is -2.11. The number of aryl methyl sites for hydroxylation is 2. The molecule has 2 aromatic heterocycles. The van der Waals surface area contributed by atoms with Crippen molar-refractivity contribution in [2.45, 2.75) is 33.5 Å². The summed E-state index contributed by atoms with van der Waals surface area (Å²) in [6.07, 6.45) is 1.39. The Morgan fingerprint density at radius 3 is 2.27 bits per heavy atom. The molecule has 0 aliphatic rings. The molecule has 0 bridgehead atoms. The molecule has 0 spiro atoms. The van der Waals surface area contributed by atoms with Gasteiger partial charge in [0.2, 0.25) is 0 Å². The molecule has 3 aromatic rings. The molecule has 2 heterocycles. The summed E-state index contributed by atoms with van der Waals surface area (Å²) in [5.74, 6) is -1.19. The first-order chi connectivity index (χ1) is 14.3. The second-order valence-electron chi connectivity index (χ2n) is 6.82. The van der Waals surface area contributed by atoms with Crippen LogP contribution < -0.4 is 22.1 Å². The molecule has 10 nitrogen and oxygen atoms in total. The monoisotopic (exact) mass is 410 g/mol. The lowest BCUT2D eigenvalue weighted by atomic mass is 10.2. The Balaban J connectivity index is 1.62. The minimum Gasteiger partial charge on any atom is -0.296 e. The van der Waals surface area contributed by atoms with Crippen LogP contribution in [0.2, 0.25) is 0 Å². The van der Waals surface area contributed by atoms with E-state index in [-0.39, 0.29) is 13.1 Å². The first-order valence-electron chi connectivity index (χ1n) is 9.26. The Morgan fingerprint density at radius 1 is 0.967 bits per heavy atom. The fourth-order valence-electron chi connectivity index (χ4n) is 2.94. The van der Waals surface area contributed by atoms with Crippen LogP contribution in [0.4, 0.5) is 0 Å². The summed E-state index contributed by atoms with van der Waals surface area (Å²) in [6, 6.07) is 12.3. The van der Waals surface area contributed by atoms with Gasteiger partial charge in [0.15, 0.2) is 0 Å². The molecule has 1 aromatic carbocycles. The molecule has 10 heteroatoms. The first-order valence-corrected chi connectivity index (χ1v) is 9.26. The zero-order valence-corrected chi connectivity index (χ0v) is 16.7. The molecule has 0 unspecified atom stereocenters. The predicted molar refractivity (Wildman–Crippen MR) is 108 cm³/mol. The van der Waals surface area contributed by atoms with Gasteiger partial charge in [-0.2, -0.15) is 5.10 Å². The number of hydrogen-bond acceptors (Lipinski definition) is 5. The maximum Gasteiger partial charge on any atom is 0.331 e. The van der Waals surface area contributed by atoms with Crippen molar-refractivity contribution >= 4 is 11.8 Å². The van der Waals surface area contributed by atoms with Gasteiger partial charge in [-0.25, -0.2) is 4.79 Å². The zero-order chi connectivity index (χ0) is 21.7. The van der Waals surface area contributed by atoms with Gasteiger partial charge in [0.1, 0.15) is 13.1 Å². The number of benzene rings is 1. The lowest BCUT2D eigenvalue weighted by molar-refractivity contribution is -0.129. The fourth-order valence-corrected chi connectivity index (χ4v) is 2.94. The summed E-state index contributed by atoms with van der Waals surface area (Å²) in [6.45, 7) is 3.29. The second kappa shape index (κ2) is 9.03. The van der Waals surface area contributed by atoms with Crippen molar-refractivity contribution in [1.29, 1.82) is 0 Å². The Labute approximate surface area is 171 Å². The molecule has 2 amide bonds. The smallest absolute Gasteiger partial charge is 0.296 e. The quantitative estimate of drug-likeness (QED) is 0.542. The Hall–Kier alpha value is -3.95. The van der Waals surface area contributed by atoms with Crippen LogP contribution in [0.15, 0.2) is 58.3 Å². The van der Waals surface area contributed by atoms with Gasteiger partial charge < -0.3 is 0 Å². The maximum atomic E-state index is 12.6. The van der Waals surface area contributed by atoms with E-state index in [2.05, 4.69) is 16.0 Å². The Bertz CT molecular complexity index is 1180. The van der Waals surface area contributed by atoms with E-state index in [1.165, 1.54) is 21.5 Å². The van der Waals surface area contributed by atoms with Gasteiger partial charge in [0, 0.05) is 18.0 Å². The molecule has 0 radical (unpaired) electrons. The number of amides is 2. The summed E-state index contributed by atoms with van der Waals surface area (Å²) >= 11 is 0. The van der Waals surface area contributed by atoms with Gasteiger partial charge in [-0.15, -0.1) is 0 Å². The van der Waals surface area contributed by atoms with Crippen molar-refractivity contribution in [3.63, 3.8) is 0 Å². The molecule has 0 atom stereocenters. The van der Waals surface area contributed by atoms with Crippen LogP contribution in [0.1, 0.15) is 17.0 Å². The molecule has 0 aliphatic carbocycles. The van der Waals surface area contributed by atoms with Crippen molar-refractivity contribution in [2.24, 2.45) is 0 Å². The molecular weight excluding hydrogens is 388 g/mol. The van der Waals surface area contributed by atoms with Crippen molar-refractivity contribution in [3.05, 3.63) is 86.5 Å². The van der Waals surface area contributed by atoms with Crippen LogP contribution in [0, 0.1) is 13.8 Å². The van der Waals surface area contributed by atoms with Crippen molar-refractivity contribution in [3.8, 4) is 0 Å². The Kier molecular flexibility index (Phi) is 6.26. The van der Waals surface area contributed by atoms with Gasteiger partial charge in [-0.1, -0.05) is 30.3 Å². The van der Waals surface area contributed by atoms with Gasteiger partial charge in [-0.05, 0) is 25.5 Å². The highest BCUT2D eigenvalue weighted by Gasteiger charge is 2.12. The predicted octanol–water partition coefficient (Wildman–Crippen LogP) is -0.281. The van der Waals surface area contributed by atoms with E-state index in [0.717, 1.165) is 21.5 Å². The Morgan fingerprint density at radius 2 is 1.63 bits per heavy atom. The maximum absolute atomic E-state index is 12.6. The van der Waals surface area contributed by atoms with E-state index in [9.17, 15) is 19.2 Å². The van der Waals surface area contributed by atoms with Crippen molar-refractivity contribution in [2.75, 3.05) is 0 Å². The third-order valence-corrected chi connectivity index (χ3v) is 4.38. The third-order valence-electron chi connectivity index (χ3n) is 4.38. The topological polar surface area (TPSA) is 120 Å². The molecule has 0 saturated heterocycles. The van der Waals surface area contributed by atoms with Crippen molar-refractivity contribution < 1.29 is 9.59 Å². The van der Waals surface area contributed by atoms with Gasteiger partial charge in [0.05, 0.1) is 12.2 Å². The summed E-state index contributed by atoms with van der Waals surface area (Å²) in [5, 5.41) is 4.17. The number of nitrogens with one attached hydrogen (secondary N) is 2. The third kappa shape index (κ3) is 5.10. The minimum atomic E-state index is -0.701. The second-order valence-corrected chi connectivity index (χ2v) is 6.82. The molecular formula is C20H22N6O4. The number of carbonyl (C=O) groups is 2. The van der Waals surface area contributed by atoms with E-state index in [1.807, 2.05) is 50.2 Å². The molecule has 3 rings (SSSR count). The van der Waals surface area contributed by atoms with E-state index in [4.69, 9.17) is 0 Å². The van der Waals surface area contributed by atoms with Crippen LogP contribution in [-0.2, 0) is 29.2 Å². The van der Waals surface area contributed by atoms with Crippen LogP contribution in [-0.4, -0.2) is 30.7 Å². The summed E-state index contributed by atoms with van der Waals surface area (Å²) in [7, 11) is 0. The summed E-state index contributed by atoms with van der Waals surface area (Å²) < 4.78 is 3.65. The number of aromatic nitrogens is 4. The number of hydrazine groups is 1. The highest BCUT2D eigenvalue weighted by atomic mass is 16.2. The average Bonchev–Trinajstić information content (AvgIpc) is 3.03. The molecule has 2 N–H and O–H groups in total. The largest absolute Gasteiger partial charge is 0.331 e. The number of nitrogens with zero attached hydrogens (tertiary/aromatic N) is 4. The van der Waals surface area contributed by atoms with E-state index in [0.29, 0.717) is 0 Å². The highest BCUT2D eigenvalue weighted by Crippen LogP contribution is 2.01. The van der Waals surface area contributed by atoms with Gasteiger partial charge in [-0.3, -0.25) is 39.1 Å². The van der Waals surface area contributed by atoms with Crippen molar-refractivity contribution in [1.82, 2.24) is 29.8 Å². The highest BCUT2D eigenvalue weighted by molar-refractivity contribution is 5.81. The van der Waals surface area contributed by atoms with Gasteiger partial charge in [0.25, 0.3) is 17.4 Å². The lowest BCUT2D eigenvalue weighted by Crippen LogP contribution is -2.48. The van der Waals surface area contributed by atoms with E-state index < -0.39 is 29.6 Å². The van der Waals surface area contributed by atoms with Crippen LogP contribution in [0.3, 0.4) is 0 Å². The van der Waals surface area contributed by atoms with Gasteiger partial charge >= 0.3 is 5.69 Å². The molecule has 0 saturated carbocycles. The number of rotatable bonds is 6. The normalized spacial score (nSPS) is 10.6. The first kappa shape index (κ1) is 20.8. The van der Waals surface area contributed by atoms with Crippen LogP contribution >= 0.6 is 0 Å². The number of carbonyl (C=O) groups excluding carboxylic acids is 2. The van der Waals surface area contributed by atoms with E-state index in [1.54, 1.807) is 0 Å². The van der Waals surface area contributed by atoms with Crippen LogP contribution in [0.5, 0.6) is 0 Å². The summed E-state index contributed by atoms with van der Waals surface area (Å²) in [5.41, 5.74) is 5.72. The standard InChI is InChI=1S/C20H22N6O4/c1-14-10-15(2)26(23-14)13-18(28)22-21-17(27)12-25-19(29)8-9-24(20(25)30)11-16-6-4-3-5-7-16/h3-10H,11-13H2,1-2H3,(H,21,27)(H,22,28). The van der Waals surface area contributed by atoms with E-state index >= 15 is 0 Å². The molecule has 30 heavy (non-hydrogen) atoms. The molecule has 156 valence electrons. The molecule has 0 aliphatic heterocycles. The fraction of sp³-hybridized carbons (Fsp3) is 0.250. The summed E-state index contributed by atoms with van der Waals surface area (Å²) in [4.78, 5) is 48.8. The number of hydrogen-bond donors (Lipinski definition) is 2.